The first-order chi connectivity index (χ1) is 12.5. The number of likely N-dealkylation sites (N-methyl/N-ethyl adjacent to an activating group) is 1. The Kier molecular flexibility index (Phi) is 3.99. The van der Waals surface area contributed by atoms with Gasteiger partial charge in [0.15, 0.2) is 0 Å². The fraction of sp³-hybridized carbons (Fsp3) is 0.238. The van der Waals surface area contributed by atoms with Gasteiger partial charge in [-0.3, -0.25) is 9.59 Å². The van der Waals surface area contributed by atoms with Gasteiger partial charge in [-0.25, -0.2) is 0 Å². The lowest BCUT2D eigenvalue weighted by Crippen LogP contribution is -2.42. The van der Waals surface area contributed by atoms with E-state index < -0.39 is 0 Å². The Labute approximate surface area is 151 Å². The van der Waals surface area contributed by atoms with Crippen molar-refractivity contribution in [1.82, 2.24) is 9.88 Å². The van der Waals surface area contributed by atoms with E-state index in [1.165, 1.54) is 0 Å². The first kappa shape index (κ1) is 16.4. The van der Waals surface area contributed by atoms with Crippen molar-refractivity contribution in [3.63, 3.8) is 0 Å². The number of H-pyrrole nitrogens is 1. The zero-order valence-corrected chi connectivity index (χ0v) is 14.9. The van der Waals surface area contributed by atoms with E-state index in [1.54, 1.807) is 12.1 Å². The number of para-hydroxylation sites is 1. The molecule has 5 heteroatoms. The highest BCUT2D eigenvalue weighted by molar-refractivity contribution is 5.96. The molecule has 0 aliphatic carbocycles. The molecule has 26 heavy (non-hydrogen) atoms. The lowest BCUT2D eigenvalue weighted by atomic mass is 10.1. The van der Waals surface area contributed by atoms with E-state index >= 15 is 0 Å². The Morgan fingerprint density at radius 2 is 1.85 bits per heavy atom. The van der Waals surface area contributed by atoms with Crippen LogP contribution in [0.5, 0.6) is 0 Å². The van der Waals surface area contributed by atoms with Crippen LogP contribution in [-0.4, -0.2) is 35.4 Å². The molecule has 1 atom stereocenters. The second-order valence-electron chi connectivity index (χ2n) is 6.89. The third kappa shape index (κ3) is 2.75. The minimum absolute atomic E-state index is 0.0230. The Balaban J connectivity index is 1.75. The molecule has 132 valence electrons. The summed E-state index contributed by atoms with van der Waals surface area (Å²) in [7, 11) is 2.04. The molecule has 0 unspecified atom stereocenters. The molecule has 0 bridgehead atoms. The fourth-order valence-electron chi connectivity index (χ4n) is 3.70. The number of amides is 1. The normalized spacial score (nSPS) is 17.1. The number of carbonyl (C=O) groups is 1. The van der Waals surface area contributed by atoms with E-state index in [4.69, 9.17) is 0 Å². The van der Waals surface area contributed by atoms with Gasteiger partial charge in [-0.15, -0.1) is 0 Å². The number of anilines is 1. The lowest BCUT2D eigenvalue weighted by Gasteiger charge is -2.28. The maximum Gasteiger partial charge on any atom is 0.270 e. The largest absolute Gasteiger partial charge is 0.372 e. The SMILES string of the molecule is C[C@@H]1CN(C)c2ccccc2CN1C(=O)c1cc2ccccc2c(=O)[nH]1. The molecule has 1 amide bonds. The van der Waals surface area contributed by atoms with E-state index in [-0.39, 0.29) is 17.5 Å². The molecule has 2 heterocycles. The number of rotatable bonds is 1. The minimum Gasteiger partial charge on any atom is -0.372 e. The number of pyridine rings is 1. The van der Waals surface area contributed by atoms with Crippen molar-refractivity contribution in [2.24, 2.45) is 0 Å². The van der Waals surface area contributed by atoms with Crippen molar-refractivity contribution in [1.29, 1.82) is 0 Å². The first-order valence-corrected chi connectivity index (χ1v) is 8.76. The number of aromatic amines is 1. The van der Waals surface area contributed by atoms with Crippen LogP contribution in [-0.2, 0) is 6.54 Å². The van der Waals surface area contributed by atoms with Crippen molar-refractivity contribution < 1.29 is 4.79 Å². The number of nitrogens with one attached hydrogen (secondary N) is 1. The summed E-state index contributed by atoms with van der Waals surface area (Å²) in [5.41, 5.74) is 2.35. The molecule has 1 aliphatic rings. The second-order valence-corrected chi connectivity index (χ2v) is 6.89. The number of fused-ring (bicyclic) bond motifs is 2. The molecule has 3 aromatic rings. The standard InChI is InChI=1S/C21H21N3O2/c1-14-12-23(2)19-10-6-4-8-16(19)13-24(14)21(26)18-11-15-7-3-5-9-17(15)20(25)22-18/h3-11,14H,12-13H2,1-2H3,(H,22,25)/t14-/m1/s1. The van der Waals surface area contributed by atoms with Gasteiger partial charge in [-0.2, -0.15) is 0 Å². The van der Waals surface area contributed by atoms with Gasteiger partial charge in [0.25, 0.3) is 11.5 Å². The van der Waals surface area contributed by atoms with Gasteiger partial charge >= 0.3 is 0 Å². The lowest BCUT2D eigenvalue weighted by molar-refractivity contribution is 0.0681. The van der Waals surface area contributed by atoms with E-state index in [1.807, 2.05) is 55.3 Å². The van der Waals surface area contributed by atoms with Gasteiger partial charge < -0.3 is 14.8 Å². The average Bonchev–Trinajstić information content (AvgIpc) is 2.77. The first-order valence-electron chi connectivity index (χ1n) is 8.76. The molecule has 1 N–H and O–H groups in total. The minimum atomic E-state index is -0.230. The third-order valence-electron chi connectivity index (χ3n) is 5.06. The maximum atomic E-state index is 13.2. The predicted octanol–water partition coefficient (Wildman–Crippen LogP) is 3.01. The molecular weight excluding hydrogens is 326 g/mol. The molecule has 1 aliphatic heterocycles. The smallest absolute Gasteiger partial charge is 0.270 e. The van der Waals surface area contributed by atoms with E-state index in [2.05, 4.69) is 16.0 Å². The van der Waals surface area contributed by atoms with E-state index in [0.29, 0.717) is 17.6 Å². The summed E-state index contributed by atoms with van der Waals surface area (Å²) in [6.45, 7) is 3.30. The molecule has 0 radical (unpaired) electrons. The Morgan fingerprint density at radius 3 is 2.69 bits per heavy atom. The highest BCUT2D eigenvalue weighted by Gasteiger charge is 2.28. The highest BCUT2D eigenvalue weighted by Crippen LogP contribution is 2.27. The van der Waals surface area contributed by atoms with Gasteiger partial charge in [0.05, 0.1) is 0 Å². The van der Waals surface area contributed by atoms with Crippen molar-refractivity contribution in [2.45, 2.75) is 19.5 Å². The predicted molar refractivity (Wildman–Crippen MR) is 104 cm³/mol. The average molecular weight is 347 g/mol. The second kappa shape index (κ2) is 6.33. The molecule has 0 saturated carbocycles. The number of benzene rings is 2. The maximum absolute atomic E-state index is 13.2. The number of carbonyl (C=O) groups excluding carboxylic acids is 1. The third-order valence-corrected chi connectivity index (χ3v) is 5.06. The van der Waals surface area contributed by atoms with Crippen LogP contribution < -0.4 is 10.5 Å². The summed E-state index contributed by atoms with van der Waals surface area (Å²) in [6, 6.07) is 17.2. The van der Waals surface area contributed by atoms with E-state index in [0.717, 1.165) is 23.2 Å². The van der Waals surface area contributed by atoms with Crippen LogP contribution >= 0.6 is 0 Å². The Bertz CT molecular complexity index is 1040. The van der Waals surface area contributed by atoms with Crippen LogP contribution in [0.2, 0.25) is 0 Å². The molecule has 0 saturated heterocycles. The summed E-state index contributed by atoms with van der Waals surface area (Å²) < 4.78 is 0. The van der Waals surface area contributed by atoms with Crippen LogP contribution in [0.4, 0.5) is 5.69 Å². The van der Waals surface area contributed by atoms with Crippen LogP contribution in [0.15, 0.2) is 59.4 Å². The van der Waals surface area contributed by atoms with Gasteiger partial charge in [-0.1, -0.05) is 36.4 Å². The van der Waals surface area contributed by atoms with Crippen molar-refractivity contribution in [3.05, 3.63) is 76.2 Å². The van der Waals surface area contributed by atoms with Gasteiger partial charge in [0.1, 0.15) is 5.69 Å². The van der Waals surface area contributed by atoms with Crippen LogP contribution in [0.25, 0.3) is 10.8 Å². The monoisotopic (exact) mass is 347 g/mol. The summed E-state index contributed by atoms with van der Waals surface area (Å²) >= 11 is 0. The van der Waals surface area contributed by atoms with Gasteiger partial charge in [-0.05, 0) is 36.1 Å². The summed E-state index contributed by atoms with van der Waals surface area (Å²) in [5, 5.41) is 1.37. The Hall–Kier alpha value is -3.08. The van der Waals surface area contributed by atoms with Crippen molar-refractivity contribution in [2.75, 3.05) is 18.5 Å². The number of hydrogen-bond donors (Lipinski definition) is 1. The highest BCUT2D eigenvalue weighted by atomic mass is 16.2. The summed E-state index contributed by atoms with van der Waals surface area (Å²) in [4.78, 5) is 32.3. The summed E-state index contributed by atoms with van der Waals surface area (Å²) in [5.74, 6) is -0.148. The number of nitrogens with zero attached hydrogens (tertiary/aromatic N) is 2. The van der Waals surface area contributed by atoms with E-state index in [9.17, 15) is 9.59 Å². The topological polar surface area (TPSA) is 56.4 Å². The molecule has 0 spiro atoms. The molecule has 0 fully saturated rings. The van der Waals surface area contributed by atoms with Crippen molar-refractivity contribution >= 4 is 22.4 Å². The van der Waals surface area contributed by atoms with Crippen LogP contribution in [0.1, 0.15) is 23.0 Å². The molecule has 2 aromatic carbocycles. The summed E-state index contributed by atoms with van der Waals surface area (Å²) in [6.07, 6.45) is 0. The number of hydrogen-bond acceptors (Lipinski definition) is 3. The molecule has 5 nitrogen and oxygen atoms in total. The quantitative estimate of drug-likeness (QED) is 0.736. The van der Waals surface area contributed by atoms with Gasteiger partial charge in [0, 0.05) is 37.3 Å². The van der Waals surface area contributed by atoms with Crippen molar-refractivity contribution in [3.8, 4) is 0 Å². The Morgan fingerprint density at radius 1 is 1.12 bits per heavy atom. The van der Waals surface area contributed by atoms with Crippen LogP contribution in [0, 0.1) is 0 Å². The van der Waals surface area contributed by atoms with Crippen LogP contribution in [0.3, 0.4) is 0 Å². The molecular formula is C21H21N3O2. The van der Waals surface area contributed by atoms with Gasteiger partial charge in [0.2, 0.25) is 0 Å². The number of aromatic nitrogens is 1. The zero-order valence-electron chi connectivity index (χ0n) is 14.9. The fourth-order valence-corrected chi connectivity index (χ4v) is 3.70. The molecule has 4 rings (SSSR count). The molecule has 1 aromatic heterocycles. The zero-order chi connectivity index (χ0) is 18.3.